The van der Waals surface area contributed by atoms with Gasteiger partial charge >= 0.3 is 0 Å². The molecule has 1 saturated carbocycles. The smallest absolute Gasteiger partial charge is 0.280 e. The van der Waals surface area contributed by atoms with E-state index in [0.29, 0.717) is 31.5 Å². The summed E-state index contributed by atoms with van der Waals surface area (Å²) < 4.78 is 0. The molecule has 4 rings (SSSR count). The Morgan fingerprint density at radius 2 is 1.83 bits per heavy atom. The molecule has 1 aliphatic carbocycles. The highest BCUT2D eigenvalue weighted by atomic mass is 16.2. The zero-order valence-electron chi connectivity index (χ0n) is 12.9. The first kappa shape index (κ1) is 14.4. The Balaban J connectivity index is 1.44. The third kappa shape index (κ3) is 2.24. The van der Waals surface area contributed by atoms with Gasteiger partial charge in [-0.05, 0) is 37.8 Å². The standard InChI is InChI=1S/C17H19N3O3/c21-15(11-3-1-4-11)19-9-6-12(7-10-19)20-16(22)13-5-2-8-18-14(13)17(20)23/h2,5,8,11-12H,1,3-4,6-7,9-10H2. The number of carbonyl (C=O) groups is 3. The van der Waals surface area contributed by atoms with Crippen molar-refractivity contribution in [3.63, 3.8) is 0 Å². The summed E-state index contributed by atoms with van der Waals surface area (Å²) in [7, 11) is 0. The molecule has 0 spiro atoms. The predicted octanol–water partition coefficient (Wildman–Crippen LogP) is 1.47. The van der Waals surface area contributed by atoms with E-state index >= 15 is 0 Å². The van der Waals surface area contributed by atoms with Crippen LogP contribution >= 0.6 is 0 Å². The molecule has 1 saturated heterocycles. The van der Waals surface area contributed by atoms with Gasteiger partial charge in [-0.15, -0.1) is 0 Å². The van der Waals surface area contributed by atoms with Crippen LogP contribution in [-0.2, 0) is 4.79 Å². The number of pyridine rings is 1. The summed E-state index contributed by atoms with van der Waals surface area (Å²) in [6.45, 7) is 1.25. The number of imide groups is 1. The zero-order chi connectivity index (χ0) is 16.0. The van der Waals surface area contributed by atoms with Crippen LogP contribution < -0.4 is 0 Å². The van der Waals surface area contributed by atoms with Crippen LogP contribution in [0.4, 0.5) is 0 Å². The van der Waals surface area contributed by atoms with Gasteiger partial charge in [-0.25, -0.2) is 0 Å². The van der Waals surface area contributed by atoms with Crippen molar-refractivity contribution in [2.24, 2.45) is 5.92 Å². The van der Waals surface area contributed by atoms with Crippen molar-refractivity contribution in [2.45, 2.75) is 38.1 Å². The molecular weight excluding hydrogens is 294 g/mol. The minimum atomic E-state index is -0.297. The molecule has 0 radical (unpaired) electrons. The molecule has 2 fully saturated rings. The van der Waals surface area contributed by atoms with Gasteiger partial charge in [0.15, 0.2) is 0 Å². The lowest BCUT2D eigenvalue weighted by molar-refractivity contribution is -0.139. The summed E-state index contributed by atoms with van der Waals surface area (Å²) in [5, 5.41) is 0. The fourth-order valence-electron chi connectivity index (χ4n) is 3.67. The van der Waals surface area contributed by atoms with Gasteiger partial charge in [0.25, 0.3) is 11.8 Å². The van der Waals surface area contributed by atoms with Crippen LogP contribution in [0.5, 0.6) is 0 Å². The van der Waals surface area contributed by atoms with E-state index in [2.05, 4.69) is 4.98 Å². The fourth-order valence-corrected chi connectivity index (χ4v) is 3.67. The number of rotatable bonds is 2. The number of hydrogen-bond acceptors (Lipinski definition) is 4. The molecular formula is C17H19N3O3. The molecule has 3 amide bonds. The van der Waals surface area contributed by atoms with Gasteiger partial charge < -0.3 is 4.90 Å². The monoisotopic (exact) mass is 313 g/mol. The average Bonchev–Trinajstić information content (AvgIpc) is 2.78. The maximum absolute atomic E-state index is 12.5. The third-order valence-corrected chi connectivity index (χ3v) is 5.27. The molecule has 2 aliphatic heterocycles. The molecule has 0 unspecified atom stereocenters. The third-order valence-electron chi connectivity index (χ3n) is 5.27. The number of hydrogen-bond donors (Lipinski definition) is 0. The van der Waals surface area contributed by atoms with Crippen LogP contribution in [0.2, 0.25) is 0 Å². The summed E-state index contributed by atoms with van der Waals surface area (Å²) in [6.07, 6.45) is 6.00. The normalized spacial score (nSPS) is 22.3. The maximum atomic E-state index is 12.5. The highest BCUT2D eigenvalue weighted by Crippen LogP contribution is 2.31. The Bertz CT molecular complexity index is 640. The van der Waals surface area contributed by atoms with Crippen LogP contribution in [0.3, 0.4) is 0 Å². The van der Waals surface area contributed by atoms with E-state index in [1.54, 1.807) is 12.1 Å². The van der Waals surface area contributed by atoms with Crippen LogP contribution in [0, 0.1) is 5.92 Å². The second-order valence-electron chi connectivity index (χ2n) is 6.56. The van der Waals surface area contributed by atoms with Gasteiger partial charge in [0.05, 0.1) is 5.56 Å². The first-order valence-electron chi connectivity index (χ1n) is 8.28. The zero-order valence-corrected chi connectivity index (χ0v) is 12.9. The molecule has 3 heterocycles. The van der Waals surface area contributed by atoms with E-state index in [1.807, 2.05) is 4.90 Å². The van der Waals surface area contributed by atoms with Gasteiger partial charge in [0.1, 0.15) is 5.69 Å². The number of piperidine rings is 1. The second-order valence-corrected chi connectivity index (χ2v) is 6.56. The molecule has 0 bridgehead atoms. The quantitative estimate of drug-likeness (QED) is 0.775. The molecule has 0 atom stereocenters. The molecule has 0 N–H and O–H groups in total. The van der Waals surface area contributed by atoms with Crippen molar-refractivity contribution >= 4 is 17.7 Å². The van der Waals surface area contributed by atoms with Crippen molar-refractivity contribution in [2.75, 3.05) is 13.1 Å². The lowest BCUT2D eigenvalue weighted by Gasteiger charge is -2.38. The SMILES string of the molecule is O=C(C1CCC1)N1CCC(N2C(=O)c3cccnc3C2=O)CC1. The molecule has 3 aliphatic rings. The van der Waals surface area contributed by atoms with Crippen molar-refractivity contribution in [1.29, 1.82) is 0 Å². The van der Waals surface area contributed by atoms with Gasteiger partial charge in [0, 0.05) is 31.2 Å². The largest absolute Gasteiger partial charge is 0.342 e. The number of aromatic nitrogens is 1. The molecule has 1 aromatic heterocycles. The summed E-state index contributed by atoms with van der Waals surface area (Å²) in [4.78, 5) is 44.5. The Morgan fingerprint density at radius 3 is 2.43 bits per heavy atom. The number of likely N-dealkylation sites (tertiary alicyclic amines) is 1. The average molecular weight is 313 g/mol. The predicted molar refractivity (Wildman–Crippen MR) is 81.7 cm³/mol. The molecule has 120 valence electrons. The number of nitrogens with zero attached hydrogens (tertiary/aromatic N) is 3. The summed E-state index contributed by atoms with van der Waals surface area (Å²) in [5.41, 5.74) is 0.649. The van der Waals surface area contributed by atoms with E-state index < -0.39 is 0 Å². The molecule has 23 heavy (non-hydrogen) atoms. The highest BCUT2D eigenvalue weighted by Gasteiger charge is 2.42. The van der Waals surface area contributed by atoms with Crippen LogP contribution in [0.25, 0.3) is 0 Å². The fraction of sp³-hybridized carbons (Fsp3) is 0.529. The van der Waals surface area contributed by atoms with Crippen molar-refractivity contribution in [3.8, 4) is 0 Å². The minimum Gasteiger partial charge on any atom is -0.342 e. The van der Waals surface area contributed by atoms with Crippen molar-refractivity contribution < 1.29 is 14.4 Å². The van der Waals surface area contributed by atoms with Gasteiger partial charge in [0.2, 0.25) is 5.91 Å². The number of amides is 3. The van der Waals surface area contributed by atoms with Crippen molar-refractivity contribution in [1.82, 2.24) is 14.8 Å². The van der Waals surface area contributed by atoms with E-state index in [0.717, 1.165) is 19.3 Å². The first-order valence-corrected chi connectivity index (χ1v) is 8.28. The second kappa shape index (κ2) is 5.44. The van der Waals surface area contributed by atoms with Gasteiger partial charge in [-0.2, -0.15) is 0 Å². The van der Waals surface area contributed by atoms with Crippen LogP contribution in [-0.4, -0.2) is 51.6 Å². The van der Waals surface area contributed by atoms with Crippen LogP contribution in [0.15, 0.2) is 18.3 Å². The topological polar surface area (TPSA) is 70.6 Å². The van der Waals surface area contributed by atoms with Crippen LogP contribution in [0.1, 0.15) is 53.0 Å². The lowest BCUT2D eigenvalue weighted by Crippen LogP contribution is -2.50. The minimum absolute atomic E-state index is 0.130. The Kier molecular flexibility index (Phi) is 3.39. The van der Waals surface area contributed by atoms with Gasteiger partial charge in [-0.3, -0.25) is 24.3 Å². The molecule has 6 nitrogen and oxygen atoms in total. The Hall–Kier alpha value is -2.24. The Labute approximate surface area is 134 Å². The number of fused-ring (bicyclic) bond motifs is 1. The Morgan fingerprint density at radius 1 is 1.09 bits per heavy atom. The summed E-state index contributed by atoms with van der Waals surface area (Å²) >= 11 is 0. The van der Waals surface area contributed by atoms with E-state index in [4.69, 9.17) is 0 Å². The maximum Gasteiger partial charge on any atom is 0.280 e. The first-order chi connectivity index (χ1) is 11.2. The lowest BCUT2D eigenvalue weighted by atomic mass is 9.84. The van der Waals surface area contributed by atoms with Crippen molar-refractivity contribution in [3.05, 3.63) is 29.6 Å². The molecule has 1 aromatic rings. The van der Waals surface area contributed by atoms with E-state index in [1.165, 1.54) is 11.1 Å². The van der Waals surface area contributed by atoms with E-state index in [9.17, 15) is 14.4 Å². The summed E-state index contributed by atoms with van der Waals surface area (Å²) in [5.74, 6) is -0.0926. The number of carbonyl (C=O) groups excluding carboxylic acids is 3. The van der Waals surface area contributed by atoms with Gasteiger partial charge in [-0.1, -0.05) is 6.42 Å². The van der Waals surface area contributed by atoms with E-state index in [-0.39, 0.29) is 35.4 Å². The molecule has 6 heteroatoms. The summed E-state index contributed by atoms with van der Waals surface area (Å²) in [6, 6.07) is 3.19. The molecule has 0 aromatic carbocycles. The highest BCUT2D eigenvalue weighted by molar-refractivity contribution is 6.20.